The summed E-state index contributed by atoms with van der Waals surface area (Å²) in [6.07, 6.45) is 99.1. The molecule has 0 aromatic carbocycles. The molecule has 0 aliphatic heterocycles. The van der Waals surface area contributed by atoms with E-state index in [1.165, 1.54) is 366 Å². The second-order valence-electron chi connectivity index (χ2n) is 29.5. The lowest BCUT2D eigenvalue weighted by Gasteiger charge is -2.29. The summed E-state index contributed by atoms with van der Waals surface area (Å²) in [6, 6.07) is -0.911. The van der Waals surface area contributed by atoms with Crippen LogP contribution in [-0.2, 0) is 18.4 Å². The fourth-order valence-corrected chi connectivity index (χ4v) is 13.5. The van der Waals surface area contributed by atoms with E-state index in [9.17, 15) is 19.4 Å². The molecule has 2 N–H and O–H groups in total. The molecule has 0 aromatic rings. The molecule has 91 heavy (non-hydrogen) atoms. The molecule has 0 bridgehead atoms. The van der Waals surface area contributed by atoms with Crippen LogP contribution in [0.5, 0.6) is 0 Å². The summed E-state index contributed by atoms with van der Waals surface area (Å²) in [6.45, 7) is 4.69. The molecule has 0 spiro atoms. The summed E-state index contributed by atoms with van der Waals surface area (Å²) in [5.74, 6) is -0.202. The van der Waals surface area contributed by atoms with Gasteiger partial charge in [-0.2, -0.15) is 0 Å². The molecule has 0 radical (unpaired) electrons. The molecule has 0 heterocycles. The first-order valence-electron chi connectivity index (χ1n) is 40.9. The SMILES string of the molecule is CCCCCCCCCCCCCCCCCCCCCCC/C=C/CC/C=C/CC/C=C/C(O)C(COP(=O)([O-])OCC[N+](C)(C)C)NC(=O)CCCCCCCCCCCCCCCCCCCCCCCCCCCCCCCCCCCCCCCC. The predicted octanol–water partition coefficient (Wildman–Crippen LogP) is 26.1. The van der Waals surface area contributed by atoms with Gasteiger partial charge in [-0.3, -0.25) is 9.36 Å². The minimum Gasteiger partial charge on any atom is -0.756 e. The zero-order valence-electron chi connectivity index (χ0n) is 62.1. The Labute approximate surface area is 569 Å². The van der Waals surface area contributed by atoms with E-state index in [2.05, 4.69) is 43.5 Å². The van der Waals surface area contributed by atoms with Gasteiger partial charge in [0.25, 0.3) is 7.82 Å². The summed E-state index contributed by atoms with van der Waals surface area (Å²) in [5, 5.41) is 14.0. The van der Waals surface area contributed by atoms with Crippen molar-refractivity contribution in [2.45, 2.75) is 443 Å². The van der Waals surface area contributed by atoms with Crippen LogP contribution in [-0.4, -0.2) is 68.5 Å². The Balaban J connectivity index is 3.97. The molecule has 9 heteroatoms. The van der Waals surface area contributed by atoms with Crippen LogP contribution in [0.4, 0.5) is 0 Å². The normalized spacial score (nSPS) is 13.6. The number of unbranched alkanes of at least 4 members (excludes halogenated alkanes) is 60. The molecule has 1 amide bonds. The quantitative estimate of drug-likeness (QED) is 0.0272. The average molecular weight is 1300 g/mol. The highest BCUT2D eigenvalue weighted by molar-refractivity contribution is 7.45. The number of phosphoric ester groups is 1. The van der Waals surface area contributed by atoms with Crippen molar-refractivity contribution < 1.29 is 32.9 Å². The van der Waals surface area contributed by atoms with Crippen molar-refractivity contribution in [2.24, 2.45) is 0 Å². The van der Waals surface area contributed by atoms with Crippen LogP contribution >= 0.6 is 7.82 Å². The van der Waals surface area contributed by atoms with Gasteiger partial charge in [-0.25, -0.2) is 0 Å². The molecule has 3 atom stereocenters. The maximum atomic E-state index is 13.1. The molecule has 0 saturated heterocycles. The van der Waals surface area contributed by atoms with Gasteiger partial charge in [0, 0.05) is 6.42 Å². The molecule has 3 unspecified atom stereocenters. The Bertz CT molecular complexity index is 1580. The third-order valence-electron chi connectivity index (χ3n) is 19.1. The number of phosphoric acid groups is 1. The molecule has 0 rings (SSSR count). The molecule has 0 aromatic heterocycles. The number of likely N-dealkylation sites (N-methyl/N-ethyl adjacent to an activating group) is 1. The number of hydrogen-bond donors (Lipinski definition) is 2. The van der Waals surface area contributed by atoms with E-state index >= 15 is 0 Å². The number of quaternary nitrogens is 1. The number of hydrogen-bond acceptors (Lipinski definition) is 6. The van der Waals surface area contributed by atoms with E-state index in [1.807, 2.05) is 27.2 Å². The predicted molar refractivity (Wildman–Crippen MR) is 399 cm³/mol. The first kappa shape index (κ1) is 89.7. The largest absolute Gasteiger partial charge is 0.756 e. The maximum Gasteiger partial charge on any atom is 0.268 e. The van der Waals surface area contributed by atoms with Crippen LogP contribution in [0.1, 0.15) is 431 Å². The minimum atomic E-state index is -4.62. The number of nitrogens with zero attached hydrogens (tertiary/aromatic N) is 1. The van der Waals surface area contributed by atoms with E-state index in [-0.39, 0.29) is 12.5 Å². The Hall–Kier alpha value is -1.28. The zero-order valence-corrected chi connectivity index (χ0v) is 63.0. The van der Waals surface area contributed by atoms with Crippen molar-refractivity contribution >= 4 is 13.7 Å². The number of allylic oxidation sites excluding steroid dienone is 5. The lowest BCUT2D eigenvalue weighted by molar-refractivity contribution is -0.870. The molecule has 0 fully saturated rings. The lowest BCUT2D eigenvalue weighted by atomic mass is 10.0. The summed E-state index contributed by atoms with van der Waals surface area (Å²) < 4.78 is 23.5. The van der Waals surface area contributed by atoms with E-state index < -0.39 is 26.6 Å². The van der Waals surface area contributed by atoms with Crippen molar-refractivity contribution in [1.29, 1.82) is 0 Å². The third kappa shape index (κ3) is 76.0. The number of nitrogens with one attached hydrogen (secondary N) is 1. The van der Waals surface area contributed by atoms with Crippen molar-refractivity contribution in [2.75, 3.05) is 40.9 Å². The van der Waals surface area contributed by atoms with Crippen LogP contribution in [0.15, 0.2) is 36.5 Å². The first-order chi connectivity index (χ1) is 44.5. The van der Waals surface area contributed by atoms with Crippen LogP contribution in [0.25, 0.3) is 0 Å². The average Bonchev–Trinajstić information content (AvgIpc) is 3.73. The molecule has 8 nitrogen and oxygen atoms in total. The van der Waals surface area contributed by atoms with Gasteiger partial charge in [0.2, 0.25) is 5.91 Å². The summed E-state index contributed by atoms with van der Waals surface area (Å²) >= 11 is 0. The van der Waals surface area contributed by atoms with Crippen LogP contribution < -0.4 is 10.2 Å². The van der Waals surface area contributed by atoms with Gasteiger partial charge in [-0.1, -0.05) is 416 Å². The second kappa shape index (κ2) is 73.0. The Kier molecular flexibility index (Phi) is 72.0. The van der Waals surface area contributed by atoms with Crippen molar-refractivity contribution in [1.82, 2.24) is 5.32 Å². The highest BCUT2D eigenvalue weighted by Crippen LogP contribution is 2.38. The first-order valence-corrected chi connectivity index (χ1v) is 42.3. The molecule has 0 saturated carbocycles. The van der Waals surface area contributed by atoms with Gasteiger partial charge in [0.15, 0.2) is 0 Å². The summed E-state index contributed by atoms with van der Waals surface area (Å²) in [7, 11) is 1.26. The number of aliphatic hydroxyl groups is 1. The summed E-state index contributed by atoms with van der Waals surface area (Å²) in [4.78, 5) is 25.7. The monoisotopic (exact) mass is 1300 g/mol. The van der Waals surface area contributed by atoms with Crippen LogP contribution in [0.3, 0.4) is 0 Å². The molecular formula is C82H161N2O6P. The van der Waals surface area contributed by atoms with Gasteiger partial charge in [0.1, 0.15) is 13.2 Å². The topological polar surface area (TPSA) is 108 Å². The fraction of sp³-hybridized carbons (Fsp3) is 0.915. The summed E-state index contributed by atoms with van der Waals surface area (Å²) in [5.41, 5.74) is 0. The maximum absolute atomic E-state index is 13.1. The van der Waals surface area contributed by atoms with Crippen molar-refractivity contribution in [3.63, 3.8) is 0 Å². The third-order valence-corrected chi connectivity index (χ3v) is 20.0. The number of rotatable bonds is 77. The standard InChI is InChI=1S/C82H161N2O6P/c1-6-8-10-12-14-16-18-20-22-24-26-28-30-32-34-36-38-39-40-41-42-43-44-46-48-50-52-54-56-58-60-62-64-66-68-70-72-74-76-82(86)83-80(79-90-91(87,88)89-78-77-84(3,4)5)81(85)75-73-71-69-67-65-63-61-59-57-55-53-51-49-47-45-37-35-33-31-29-27-25-23-21-19-17-15-13-11-9-7-2/h57,59,65,67,73,75,80-81,85H,6-56,58,60-64,66,68-72,74,76-79H2,1-5H3,(H-,83,86,87,88)/b59-57+,67-65+,75-73+. The number of amides is 1. The van der Waals surface area contributed by atoms with Gasteiger partial charge < -0.3 is 28.8 Å². The zero-order chi connectivity index (χ0) is 66.2. The molecular weight excluding hydrogens is 1140 g/mol. The Morgan fingerprint density at radius 1 is 0.374 bits per heavy atom. The molecule has 540 valence electrons. The Morgan fingerprint density at radius 2 is 0.615 bits per heavy atom. The molecule has 0 aliphatic rings. The van der Waals surface area contributed by atoms with Gasteiger partial charge >= 0.3 is 0 Å². The number of carbonyl (C=O) groups is 1. The van der Waals surface area contributed by atoms with E-state index in [1.54, 1.807) is 6.08 Å². The smallest absolute Gasteiger partial charge is 0.268 e. The number of aliphatic hydroxyl groups excluding tert-OH is 1. The van der Waals surface area contributed by atoms with E-state index in [4.69, 9.17) is 9.05 Å². The van der Waals surface area contributed by atoms with Crippen molar-refractivity contribution in [3.05, 3.63) is 36.5 Å². The highest BCUT2D eigenvalue weighted by Gasteiger charge is 2.23. The van der Waals surface area contributed by atoms with E-state index in [0.29, 0.717) is 17.4 Å². The van der Waals surface area contributed by atoms with E-state index in [0.717, 1.165) is 44.9 Å². The van der Waals surface area contributed by atoms with Crippen molar-refractivity contribution in [3.8, 4) is 0 Å². The lowest BCUT2D eigenvalue weighted by Crippen LogP contribution is -2.45. The van der Waals surface area contributed by atoms with Gasteiger partial charge in [-0.05, 0) is 44.9 Å². The second-order valence-corrected chi connectivity index (χ2v) is 30.9. The molecule has 0 aliphatic carbocycles. The van der Waals surface area contributed by atoms with Gasteiger partial charge in [0.05, 0.1) is 39.9 Å². The fourth-order valence-electron chi connectivity index (χ4n) is 12.8. The van der Waals surface area contributed by atoms with Gasteiger partial charge in [-0.15, -0.1) is 0 Å². The minimum absolute atomic E-state index is 0.00691. The van der Waals surface area contributed by atoms with Crippen LogP contribution in [0, 0.1) is 0 Å². The number of carbonyl (C=O) groups excluding carboxylic acids is 1. The Morgan fingerprint density at radius 3 is 0.890 bits per heavy atom. The van der Waals surface area contributed by atoms with Crippen LogP contribution in [0.2, 0.25) is 0 Å². The highest BCUT2D eigenvalue weighted by atomic mass is 31.2.